The van der Waals surface area contributed by atoms with Gasteiger partial charge in [0, 0.05) is 16.6 Å². The highest BCUT2D eigenvalue weighted by Crippen LogP contribution is 2.54. The number of nitrogens with zero attached hydrogens (tertiary/aromatic N) is 1. The van der Waals surface area contributed by atoms with E-state index in [1.165, 1.54) is 49.8 Å². The fourth-order valence-corrected chi connectivity index (χ4v) is 4.05. The molecule has 0 atom stereocenters. The molecule has 2 aliphatic rings. The predicted octanol–water partition coefficient (Wildman–Crippen LogP) is 4.97. The van der Waals surface area contributed by atoms with Gasteiger partial charge in [0.1, 0.15) is 0 Å². The topological polar surface area (TPSA) is 3.24 Å². The number of hydrogen-bond acceptors (Lipinski definition) is 1. The lowest BCUT2D eigenvalue weighted by atomic mass is 9.71. The highest BCUT2D eigenvalue weighted by Gasteiger charge is 2.49. The Balaban J connectivity index is 1.92. The van der Waals surface area contributed by atoms with Crippen molar-refractivity contribution in [2.45, 2.75) is 64.8 Å². The van der Waals surface area contributed by atoms with Crippen molar-refractivity contribution in [2.75, 3.05) is 4.90 Å². The summed E-state index contributed by atoms with van der Waals surface area (Å²) in [6.07, 6.45) is 8.09. The van der Waals surface area contributed by atoms with Crippen molar-refractivity contribution in [3.05, 3.63) is 36.4 Å². The van der Waals surface area contributed by atoms with Crippen molar-refractivity contribution >= 4 is 5.69 Å². The molecule has 1 saturated heterocycles. The van der Waals surface area contributed by atoms with Gasteiger partial charge in [-0.3, -0.25) is 0 Å². The average molecular weight is 255 g/mol. The van der Waals surface area contributed by atoms with Gasteiger partial charge in [-0.15, -0.1) is 0 Å². The van der Waals surface area contributed by atoms with E-state index in [2.05, 4.69) is 56.5 Å². The van der Waals surface area contributed by atoms with E-state index in [1.807, 2.05) is 0 Å². The van der Waals surface area contributed by atoms with E-state index in [1.54, 1.807) is 0 Å². The minimum atomic E-state index is 0.198. The second-order valence-electron chi connectivity index (χ2n) is 7.06. The summed E-state index contributed by atoms with van der Waals surface area (Å²) >= 11 is 0. The standard InChI is InChI=1S/C18H25N/c1-15-9-5-6-10-16(15)19-14-18(13-17(19,2)3)11-7-4-8-12-18/h5-6,9-10H,4,7-8,11-13H2,1-3H3. The zero-order valence-corrected chi connectivity index (χ0v) is 12.5. The lowest BCUT2D eigenvalue weighted by molar-refractivity contribution is 0.225. The summed E-state index contributed by atoms with van der Waals surface area (Å²) in [5.41, 5.74) is 3.25. The zero-order chi connectivity index (χ0) is 13.5. The van der Waals surface area contributed by atoms with Crippen LogP contribution in [0.25, 0.3) is 0 Å². The molecule has 2 fully saturated rings. The largest absolute Gasteiger partial charge is 0.355 e. The molecule has 0 aromatic heterocycles. The molecule has 0 bridgehead atoms. The lowest BCUT2D eigenvalue weighted by Crippen LogP contribution is -2.36. The third-order valence-electron chi connectivity index (χ3n) is 4.89. The highest BCUT2D eigenvalue weighted by atomic mass is 15.2. The van der Waals surface area contributed by atoms with Crippen LogP contribution in [0.2, 0.25) is 0 Å². The van der Waals surface area contributed by atoms with Crippen molar-refractivity contribution < 1.29 is 0 Å². The first-order chi connectivity index (χ1) is 9.03. The number of hydrogen-bond donors (Lipinski definition) is 0. The highest BCUT2D eigenvalue weighted by molar-refractivity contribution is 5.58. The molecule has 1 heteroatoms. The first-order valence-electron chi connectivity index (χ1n) is 7.66. The van der Waals surface area contributed by atoms with Gasteiger partial charge in [0.05, 0.1) is 6.54 Å². The van der Waals surface area contributed by atoms with Gasteiger partial charge in [0.2, 0.25) is 0 Å². The zero-order valence-electron chi connectivity index (χ0n) is 12.5. The van der Waals surface area contributed by atoms with Crippen molar-refractivity contribution in [3.63, 3.8) is 0 Å². The van der Waals surface area contributed by atoms with Gasteiger partial charge >= 0.3 is 0 Å². The summed E-state index contributed by atoms with van der Waals surface area (Å²) < 4.78 is 0. The Labute approximate surface area is 118 Å². The smallest absolute Gasteiger partial charge is 0.0985 e. The third-order valence-corrected chi connectivity index (χ3v) is 4.89. The molecule has 0 amide bonds. The molecule has 102 valence electrons. The van der Waals surface area contributed by atoms with Crippen LogP contribution < -0.4 is 4.90 Å². The van der Waals surface area contributed by atoms with Gasteiger partial charge in [-0.05, 0) is 51.7 Å². The molecule has 0 N–H and O–H groups in total. The van der Waals surface area contributed by atoms with E-state index in [-0.39, 0.29) is 5.54 Å². The van der Waals surface area contributed by atoms with Crippen LogP contribution >= 0.6 is 0 Å². The molecule has 0 unspecified atom stereocenters. The molecule has 1 aromatic rings. The van der Waals surface area contributed by atoms with E-state index in [4.69, 9.17) is 0 Å². The van der Waals surface area contributed by atoms with E-state index < -0.39 is 0 Å². The molecule has 2 radical (unpaired) electrons. The Morgan fingerprint density at radius 2 is 1.74 bits per heavy atom. The van der Waals surface area contributed by atoms with Gasteiger partial charge in [-0.25, -0.2) is 0 Å². The van der Waals surface area contributed by atoms with E-state index in [0.717, 1.165) is 0 Å². The van der Waals surface area contributed by atoms with Gasteiger partial charge in [-0.1, -0.05) is 37.5 Å². The number of aryl methyl sites for hydroxylation is 1. The molecule has 1 nitrogen and oxygen atoms in total. The summed E-state index contributed by atoms with van der Waals surface area (Å²) in [4.78, 5) is 2.44. The number of anilines is 1. The Morgan fingerprint density at radius 1 is 1.05 bits per heavy atom. The first kappa shape index (κ1) is 13.0. The molecule has 1 aliphatic carbocycles. The second kappa shape index (κ2) is 4.54. The predicted molar refractivity (Wildman–Crippen MR) is 81.1 cm³/mol. The van der Waals surface area contributed by atoms with Crippen LogP contribution in [-0.4, -0.2) is 5.54 Å². The van der Waals surface area contributed by atoms with Crippen LogP contribution in [0.15, 0.2) is 24.3 Å². The third kappa shape index (κ3) is 2.28. The lowest BCUT2D eigenvalue weighted by Gasteiger charge is -2.33. The SMILES string of the molecule is Cc1ccccc1N1[C]C2(CCCCC2)CC1(C)C. The molecular formula is C18H25N. The number of benzene rings is 1. The van der Waals surface area contributed by atoms with Crippen LogP contribution in [0.5, 0.6) is 0 Å². The molecule has 1 spiro atoms. The maximum atomic E-state index is 3.89. The molecule has 1 saturated carbocycles. The van der Waals surface area contributed by atoms with Crippen LogP contribution in [0.3, 0.4) is 0 Å². The fraction of sp³-hybridized carbons (Fsp3) is 0.611. The second-order valence-corrected chi connectivity index (χ2v) is 7.06. The Hall–Kier alpha value is -0.980. The Bertz CT molecular complexity index is 455. The maximum Gasteiger partial charge on any atom is 0.0985 e. The van der Waals surface area contributed by atoms with Crippen LogP contribution in [0.4, 0.5) is 5.69 Å². The van der Waals surface area contributed by atoms with Crippen molar-refractivity contribution in [1.82, 2.24) is 0 Å². The summed E-state index contributed by atoms with van der Waals surface area (Å²) in [6.45, 7) is 10.8. The number of rotatable bonds is 1. The Morgan fingerprint density at radius 3 is 2.42 bits per heavy atom. The minimum Gasteiger partial charge on any atom is -0.355 e. The van der Waals surface area contributed by atoms with Crippen LogP contribution in [0.1, 0.15) is 57.9 Å². The molecule has 1 aliphatic heterocycles. The fourth-order valence-electron chi connectivity index (χ4n) is 4.05. The minimum absolute atomic E-state index is 0.198. The number of para-hydroxylation sites is 1. The summed E-state index contributed by atoms with van der Waals surface area (Å²) in [5.74, 6) is 0. The van der Waals surface area contributed by atoms with Crippen LogP contribution in [-0.2, 0) is 0 Å². The average Bonchev–Trinajstić information content (AvgIpc) is 2.62. The van der Waals surface area contributed by atoms with Gasteiger partial charge < -0.3 is 4.90 Å². The van der Waals surface area contributed by atoms with Crippen molar-refractivity contribution in [2.24, 2.45) is 5.41 Å². The van der Waals surface area contributed by atoms with E-state index >= 15 is 0 Å². The van der Waals surface area contributed by atoms with Crippen LogP contribution in [0, 0.1) is 18.9 Å². The molecule has 19 heavy (non-hydrogen) atoms. The van der Waals surface area contributed by atoms with Gasteiger partial charge in [-0.2, -0.15) is 0 Å². The summed E-state index contributed by atoms with van der Waals surface area (Å²) in [6, 6.07) is 8.72. The van der Waals surface area contributed by atoms with Crippen molar-refractivity contribution in [3.8, 4) is 0 Å². The Kier molecular flexibility index (Phi) is 3.11. The molecule has 1 heterocycles. The van der Waals surface area contributed by atoms with E-state index in [9.17, 15) is 0 Å². The van der Waals surface area contributed by atoms with E-state index in [0.29, 0.717) is 5.41 Å². The molecule has 3 rings (SSSR count). The van der Waals surface area contributed by atoms with Gasteiger partial charge in [0.15, 0.2) is 0 Å². The monoisotopic (exact) mass is 255 g/mol. The normalized spacial score (nSPS) is 24.9. The summed E-state index contributed by atoms with van der Waals surface area (Å²) in [5, 5.41) is 0. The molecule has 1 aromatic carbocycles. The quantitative estimate of drug-likeness (QED) is 0.684. The summed E-state index contributed by atoms with van der Waals surface area (Å²) in [7, 11) is 0. The maximum absolute atomic E-state index is 3.89. The molecular weight excluding hydrogens is 230 g/mol. The first-order valence-corrected chi connectivity index (χ1v) is 7.66. The van der Waals surface area contributed by atoms with Gasteiger partial charge in [0.25, 0.3) is 0 Å². The van der Waals surface area contributed by atoms with Crippen molar-refractivity contribution in [1.29, 1.82) is 0 Å².